The van der Waals surface area contributed by atoms with Gasteiger partial charge in [0.2, 0.25) is 0 Å². The molecule has 0 aliphatic heterocycles. The summed E-state index contributed by atoms with van der Waals surface area (Å²) in [5.74, 6) is -1.93. The third kappa shape index (κ3) is 4.72. The van der Waals surface area contributed by atoms with Gasteiger partial charge in [0.15, 0.2) is 5.57 Å². The highest BCUT2D eigenvalue weighted by Crippen LogP contribution is 2.10. The molecule has 108 valence electrons. The summed E-state index contributed by atoms with van der Waals surface area (Å²) in [7, 11) is 0. The zero-order valence-corrected chi connectivity index (χ0v) is 11.3. The molecule has 0 bridgehead atoms. The van der Waals surface area contributed by atoms with Gasteiger partial charge in [0.05, 0.1) is 13.2 Å². The fourth-order valence-electron chi connectivity index (χ4n) is 1.32. The molecule has 6 heteroatoms. The molecule has 1 aromatic rings. The highest BCUT2D eigenvalue weighted by molar-refractivity contribution is 6.14. The number of anilines is 1. The Balaban J connectivity index is 2.86. The number of nitrogens with one attached hydrogen (secondary N) is 1. The van der Waals surface area contributed by atoms with Crippen molar-refractivity contribution in [2.75, 3.05) is 18.5 Å². The maximum absolute atomic E-state index is 12.8. The van der Waals surface area contributed by atoms with E-state index in [1.165, 1.54) is 30.5 Å². The van der Waals surface area contributed by atoms with Crippen LogP contribution in [0.2, 0.25) is 0 Å². The number of benzene rings is 1. The molecule has 0 radical (unpaired) electrons. The Morgan fingerprint density at radius 1 is 1.10 bits per heavy atom. The number of esters is 2. The second-order valence-corrected chi connectivity index (χ2v) is 3.65. The summed E-state index contributed by atoms with van der Waals surface area (Å²) >= 11 is 0. The van der Waals surface area contributed by atoms with Crippen molar-refractivity contribution in [2.24, 2.45) is 0 Å². The minimum atomic E-state index is -0.777. The number of ether oxygens (including phenoxy) is 2. The quantitative estimate of drug-likeness (QED) is 0.375. The second-order valence-electron chi connectivity index (χ2n) is 3.65. The van der Waals surface area contributed by atoms with Gasteiger partial charge in [0.1, 0.15) is 5.82 Å². The lowest BCUT2D eigenvalue weighted by molar-refractivity contribution is -0.146. The Bertz CT molecular complexity index is 476. The third-order valence-electron chi connectivity index (χ3n) is 2.22. The summed E-state index contributed by atoms with van der Waals surface area (Å²) < 4.78 is 22.3. The van der Waals surface area contributed by atoms with E-state index in [0.29, 0.717) is 5.69 Å². The molecule has 0 amide bonds. The highest BCUT2D eigenvalue weighted by atomic mass is 19.1. The van der Waals surface area contributed by atoms with Crippen LogP contribution in [0.3, 0.4) is 0 Å². The first-order chi connectivity index (χ1) is 9.58. The van der Waals surface area contributed by atoms with E-state index in [2.05, 4.69) is 5.32 Å². The topological polar surface area (TPSA) is 64.6 Å². The summed E-state index contributed by atoms with van der Waals surface area (Å²) in [6.07, 6.45) is 1.18. The number of carbonyl (C=O) groups is 2. The number of halogens is 1. The molecule has 0 aliphatic carbocycles. The van der Waals surface area contributed by atoms with Crippen LogP contribution < -0.4 is 5.32 Å². The normalized spacial score (nSPS) is 9.55. The molecule has 0 fully saturated rings. The van der Waals surface area contributed by atoms with Crippen LogP contribution in [0, 0.1) is 5.82 Å². The lowest BCUT2D eigenvalue weighted by Crippen LogP contribution is -2.19. The lowest BCUT2D eigenvalue weighted by atomic mass is 10.2. The summed E-state index contributed by atoms with van der Waals surface area (Å²) in [6, 6.07) is 5.45. The van der Waals surface area contributed by atoms with E-state index in [-0.39, 0.29) is 24.6 Å². The van der Waals surface area contributed by atoms with Gasteiger partial charge in [-0.1, -0.05) is 0 Å². The predicted octanol–water partition coefficient (Wildman–Crippen LogP) is 2.25. The van der Waals surface area contributed by atoms with E-state index in [9.17, 15) is 14.0 Å². The first-order valence-electron chi connectivity index (χ1n) is 6.15. The molecule has 1 N–H and O–H groups in total. The van der Waals surface area contributed by atoms with E-state index < -0.39 is 11.9 Å². The SMILES string of the molecule is CCOC(=O)C(=CNc1ccc(F)cc1)C(=O)OCC. The van der Waals surface area contributed by atoms with Crippen molar-refractivity contribution in [2.45, 2.75) is 13.8 Å². The maximum Gasteiger partial charge on any atom is 0.347 e. The fraction of sp³-hybridized carbons (Fsp3) is 0.286. The Kier molecular flexibility index (Phi) is 6.22. The highest BCUT2D eigenvalue weighted by Gasteiger charge is 2.20. The van der Waals surface area contributed by atoms with E-state index >= 15 is 0 Å². The molecule has 0 saturated carbocycles. The van der Waals surface area contributed by atoms with Gasteiger partial charge >= 0.3 is 11.9 Å². The van der Waals surface area contributed by atoms with Gasteiger partial charge in [0, 0.05) is 11.9 Å². The molecule has 20 heavy (non-hydrogen) atoms. The standard InChI is InChI=1S/C14H16FNO4/c1-3-19-13(17)12(14(18)20-4-2)9-16-11-7-5-10(15)6-8-11/h5-9,16H,3-4H2,1-2H3. The smallest absolute Gasteiger partial charge is 0.347 e. The molecular weight excluding hydrogens is 265 g/mol. The van der Waals surface area contributed by atoms with E-state index in [0.717, 1.165) is 0 Å². The van der Waals surface area contributed by atoms with Crippen LogP contribution >= 0.6 is 0 Å². The van der Waals surface area contributed by atoms with Crippen LogP contribution in [-0.4, -0.2) is 25.2 Å². The molecule has 1 rings (SSSR count). The van der Waals surface area contributed by atoms with Crippen molar-refractivity contribution in [3.05, 3.63) is 41.9 Å². The van der Waals surface area contributed by atoms with E-state index in [1.807, 2.05) is 0 Å². The molecule has 0 atom stereocenters. The maximum atomic E-state index is 12.8. The first kappa shape index (κ1) is 15.7. The van der Waals surface area contributed by atoms with E-state index in [4.69, 9.17) is 9.47 Å². The summed E-state index contributed by atoms with van der Waals surface area (Å²) in [4.78, 5) is 23.3. The fourth-order valence-corrected chi connectivity index (χ4v) is 1.32. The lowest BCUT2D eigenvalue weighted by Gasteiger charge is -2.07. The van der Waals surface area contributed by atoms with Crippen molar-refractivity contribution < 1.29 is 23.5 Å². The van der Waals surface area contributed by atoms with Crippen molar-refractivity contribution in [3.63, 3.8) is 0 Å². The molecule has 0 unspecified atom stereocenters. The number of carbonyl (C=O) groups excluding carboxylic acids is 2. The number of hydrogen-bond donors (Lipinski definition) is 1. The van der Waals surface area contributed by atoms with Crippen molar-refractivity contribution >= 4 is 17.6 Å². The first-order valence-corrected chi connectivity index (χ1v) is 6.15. The van der Waals surface area contributed by atoms with Crippen molar-refractivity contribution in [1.29, 1.82) is 0 Å². The van der Waals surface area contributed by atoms with Crippen LogP contribution in [0.25, 0.3) is 0 Å². The average molecular weight is 281 g/mol. The molecule has 0 aromatic heterocycles. The van der Waals surface area contributed by atoms with Crippen LogP contribution in [0.4, 0.5) is 10.1 Å². The zero-order chi connectivity index (χ0) is 15.0. The van der Waals surface area contributed by atoms with Crippen molar-refractivity contribution in [3.8, 4) is 0 Å². The van der Waals surface area contributed by atoms with Crippen LogP contribution in [0.5, 0.6) is 0 Å². The van der Waals surface area contributed by atoms with Gasteiger partial charge in [-0.05, 0) is 38.1 Å². The van der Waals surface area contributed by atoms with Crippen LogP contribution in [0.1, 0.15) is 13.8 Å². The van der Waals surface area contributed by atoms with Gasteiger partial charge in [-0.3, -0.25) is 0 Å². The number of rotatable bonds is 6. The van der Waals surface area contributed by atoms with Gasteiger partial charge in [0.25, 0.3) is 0 Å². The number of hydrogen-bond acceptors (Lipinski definition) is 5. The molecule has 0 heterocycles. The molecule has 5 nitrogen and oxygen atoms in total. The van der Waals surface area contributed by atoms with Gasteiger partial charge in [-0.2, -0.15) is 0 Å². The Morgan fingerprint density at radius 3 is 2.05 bits per heavy atom. The van der Waals surface area contributed by atoms with Crippen LogP contribution in [-0.2, 0) is 19.1 Å². The minimum absolute atomic E-state index is 0.145. The van der Waals surface area contributed by atoms with Gasteiger partial charge in [-0.15, -0.1) is 0 Å². The van der Waals surface area contributed by atoms with Gasteiger partial charge in [-0.25, -0.2) is 14.0 Å². The molecular formula is C14H16FNO4. The van der Waals surface area contributed by atoms with Gasteiger partial charge < -0.3 is 14.8 Å². The summed E-state index contributed by atoms with van der Waals surface area (Å²) in [5.41, 5.74) is 0.274. The monoisotopic (exact) mass is 281 g/mol. The predicted molar refractivity (Wildman–Crippen MR) is 71.4 cm³/mol. The second kappa shape index (κ2) is 7.93. The molecule has 0 saturated heterocycles. The summed E-state index contributed by atoms with van der Waals surface area (Å²) in [5, 5.41) is 2.72. The zero-order valence-electron chi connectivity index (χ0n) is 11.3. The Hall–Kier alpha value is -2.37. The third-order valence-corrected chi connectivity index (χ3v) is 2.22. The largest absolute Gasteiger partial charge is 0.462 e. The van der Waals surface area contributed by atoms with Crippen LogP contribution in [0.15, 0.2) is 36.0 Å². The van der Waals surface area contributed by atoms with E-state index in [1.54, 1.807) is 13.8 Å². The average Bonchev–Trinajstić information content (AvgIpc) is 2.42. The Morgan fingerprint density at radius 2 is 1.60 bits per heavy atom. The van der Waals surface area contributed by atoms with Crippen molar-refractivity contribution in [1.82, 2.24) is 0 Å². The molecule has 0 spiro atoms. The minimum Gasteiger partial charge on any atom is -0.462 e. The Labute approximate surface area is 116 Å². The summed E-state index contributed by atoms with van der Waals surface area (Å²) in [6.45, 7) is 3.56. The molecule has 1 aromatic carbocycles. The molecule has 0 aliphatic rings.